The van der Waals surface area contributed by atoms with Crippen LogP contribution in [0.1, 0.15) is 0 Å². The van der Waals surface area contributed by atoms with Crippen LogP contribution in [0.4, 0.5) is 4.79 Å². The number of carbonyl (C=O) groups excluding carboxylic acids is 1. The van der Waals surface area contributed by atoms with E-state index in [4.69, 9.17) is 11.5 Å². The molecule has 14 heteroatoms. The Morgan fingerprint density at radius 2 is 2.05 bits per heavy atom. The molecule has 2 aromatic rings. The van der Waals surface area contributed by atoms with E-state index in [9.17, 15) is 13.2 Å². The van der Waals surface area contributed by atoms with Crippen LogP contribution in [0.25, 0.3) is 11.4 Å². The van der Waals surface area contributed by atoms with Gasteiger partial charge in [-0.2, -0.15) is 23.3 Å². The predicted molar refractivity (Wildman–Crippen MR) is 72.5 cm³/mol. The van der Waals surface area contributed by atoms with Gasteiger partial charge in [-0.15, -0.1) is 10.2 Å². The molecule has 2 amide bonds. The summed E-state index contributed by atoms with van der Waals surface area (Å²) >= 11 is 0. The van der Waals surface area contributed by atoms with Gasteiger partial charge in [0.05, 0.1) is 18.8 Å². The summed E-state index contributed by atoms with van der Waals surface area (Å²) in [7, 11) is -1.41. The topological polar surface area (TPSA) is 189 Å². The number of guanidine groups is 1. The van der Waals surface area contributed by atoms with Gasteiger partial charge in [0.15, 0.2) is 11.0 Å². The molecule has 2 aromatic heterocycles. The van der Waals surface area contributed by atoms with Crippen LogP contribution < -0.4 is 16.2 Å². The SMILES string of the molecule is Cn1nnc(-c2cnn(C)c2S(=O)(=O)NC(=O)N=C(N)N)n1. The lowest BCUT2D eigenvalue weighted by molar-refractivity contribution is 0.254. The van der Waals surface area contributed by atoms with E-state index < -0.39 is 22.0 Å². The van der Waals surface area contributed by atoms with Gasteiger partial charge in [0, 0.05) is 7.05 Å². The minimum Gasteiger partial charge on any atom is -0.370 e. The molecule has 0 radical (unpaired) electrons. The Kier molecular flexibility index (Phi) is 3.77. The average molecular weight is 328 g/mol. The van der Waals surface area contributed by atoms with Gasteiger partial charge in [-0.05, 0) is 5.21 Å². The molecule has 118 valence electrons. The van der Waals surface area contributed by atoms with E-state index in [0.29, 0.717) is 0 Å². The number of nitrogens with zero attached hydrogens (tertiary/aromatic N) is 7. The van der Waals surface area contributed by atoms with Gasteiger partial charge in [-0.1, -0.05) is 0 Å². The van der Waals surface area contributed by atoms with E-state index >= 15 is 0 Å². The maximum atomic E-state index is 12.3. The van der Waals surface area contributed by atoms with Crippen LogP contribution in [-0.2, 0) is 24.1 Å². The Balaban J connectivity index is 2.46. The summed E-state index contributed by atoms with van der Waals surface area (Å²) in [6.45, 7) is 0. The molecule has 0 saturated carbocycles. The Labute approximate surface area is 124 Å². The van der Waals surface area contributed by atoms with Gasteiger partial charge in [0.25, 0.3) is 10.0 Å². The fraction of sp³-hybridized carbons (Fsp3) is 0.250. The molecule has 0 aromatic carbocycles. The van der Waals surface area contributed by atoms with Crippen LogP contribution in [0.15, 0.2) is 16.2 Å². The van der Waals surface area contributed by atoms with Gasteiger partial charge in [-0.3, -0.25) is 4.68 Å². The molecule has 5 N–H and O–H groups in total. The summed E-state index contributed by atoms with van der Waals surface area (Å²) in [5.74, 6) is -0.543. The highest BCUT2D eigenvalue weighted by atomic mass is 32.2. The van der Waals surface area contributed by atoms with Crippen LogP contribution in [0.3, 0.4) is 0 Å². The Hall–Kier alpha value is -3.03. The molecule has 0 spiro atoms. The first kappa shape index (κ1) is 15.4. The average Bonchev–Trinajstić information content (AvgIpc) is 2.93. The number of aromatic nitrogens is 6. The number of rotatable bonds is 3. The van der Waals surface area contributed by atoms with E-state index in [1.165, 1.54) is 20.3 Å². The number of nitrogens with two attached hydrogens (primary N) is 2. The fourth-order valence-electron chi connectivity index (χ4n) is 1.59. The zero-order valence-electron chi connectivity index (χ0n) is 11.5. The number of nitrogens with one attached hydrogen (secondary N) is 1. The number of hydrogen-bond acceptors (Lipinski definition) is 7. The molecule has 0 aliphatic rings. The number of aryl methyl sites for hydroxylation is 2. The van der Waals surface area contributed by atoms with E-state index in [0.717, 1.165) is 9.48 Å². The molecule has 0 unspecified atom stereocenters. The van der Waals surface area contributed by atoms with Crippen LogP contribution >= 0.6 is 0 Å². The third-order valence-electron chi connectivity index (χ3n) is 2.34. The normalized spacial score (nSPS) is 11.2. The van der Waals surface area contributed by atoms with Gasteiger partial charge in [-0.25, -0.2) is 9.52 Å². The number of amides is 2. The lowest BCUT2D eigenvalue weighted by Gasteiger charge is -2.06. The lowest BCUT2D eigenvalue weighted by atomic mass is 10.3. The monoisotopic (exact) mass is 328 g/mol. The van der Waals surface area contributed by atoms with Gasteiger partial charge in [0.2, 0.25) is 5.82 Å². The minimum absolute atomic E-state index is 0.0327. The summed E-state index contributed by atoms with van der Waals surface area (Å²) in [4.78, 5) is 15.6. The first-order valence-electron chi connectivity index (χ1n) is 5.63. The number of hydrogen-bond donors (Lipinski definition) is 3. The highest BCUT2D eigenvalue weighted by Gasteiger charge is 2.28. The molecular formula is C8H12N10O3S. The summed E-state index contributed by atoms with van der Waals surface area (Å²) in [6.07, 6.45) is 1.23. The molecule has 0 fully saturated rings. The summed E-state index contributed by atoms with van der Waals surface area (Å²) in [5, 5.41) is 14.7. The number of urea groups is 1. The standard InChI is InChI=1S/C8H12N10O3S/c1-17-6(22(20,21)15-8(19)12-7(9)10)4(3-11-17)5-13-16-18(2)14-5/h3H,1-2H3,(H5,9,10,12,15,19). The largest absolute Gasteiger partial charge is 0.370 e. The Morgan fingerprint density at radius 1 is 1.36 bits per heavy atom. The van der Waals surface area contributed by atoms with Gasteiger partial charge < -0.3 is 11.5 Å². The molecule has 0 aliphatic carbocycles. The van der Waals surface area contributed by atoms with Crippen molar-refractivity contribution < 1.29 is 13.2 Å². The van der Waals surface area contributed by atoms with Crippen molar-refractivity contribution in [1.29, 1.82) is 0 Å². The Morgan fingerprint density at radius 3 is 2.59 bits per heavy atom. The molecule has 13 nitrogen and oxygen atoms in total. The van der Waals surface area contributed by atoms with Crippen molar-refractivity contribution in [3.63, 3.8) is 0 Å². The van der Waals surface area contributed by atoms with Crippen molar-refractivity contribution in [2.45, 2.75) is 5.03 Å². The molecule has 22 heavy (non-hydrogen) atoms. The summed E-state index contributed by atoms with van der Waals surface area (Å²) in [6, 6.07) is -1.24. The third kappa shape index (κ3) is 3.00. The summed E-state index contributed by atoms with van der Waals surface area (Å²) < 4.78 is 27.3. The zero-order chi connectivity index (χ0) is 16.5. The third-order valence-corrected chi connectivity index (χ3v) is 3.78. The molecular weight excluding hydrogens is 316 g/mol. The zero-order valence-corrected chi connectivity index (χ0v) is 12.3. The second kappa shape index (κ2) is 5.40. The number of carbonyl (C=O) groups is 1. The van der Waals surface area contributed by atoms with Crippen LogP contribution in [0.5, 0.6) is 0 Å². The number of aliphatic imine (C=N–C) groups is 1. The maximum Gasteiger partial charge on any atom is 0.358 e. The molecule has 2 rings (SSSR count). The minimum atomic E-state index is -4.30. The quantitative estimate of drug-likeness (QED) is 0.397. The maximum absolute atomic E-state index is 12.3. The van der Waals surface area contributed by atoms with Gasteiger partial charge >= 0.3 is 6.03 Å². The van der Waals surface area contributed by atoms with Crippen molar-refractivity contribution >= 4 is 22.0 Å². The fourth-order valence-corrected chi connectivity index (χ4v) is 2.79. The van der Waals surface area contributed by atoms with Crippen molar-refractivity contribution in [1.82, 2.24) is 34.7 Å². The van der Waals surface area contributed by atoms with Crippen molar-refractivity contribution in [2.24, 2.45) is 30.6 Å². The van der Waals surface area contributed by atoms with Crippen molar-refractivity contribution in [3.8, 4) is 11.4 Å². The van der Waals surface area contributed by atoms with Crippen molar-refractivity contribution in [2.75, 3.05) is 0 Å². The highest BCUT2D eigenvalue weighted by molar-refractivity contribution is 7.90. The number of sulfonamides is 1. The molecule has 0 atom stereocenters. The van der Waals surface area contributed by atoms with Crippen molar-refractivity contribution in [3.05, 3.63) is 6.20 Å². The highest BCUT2D eigenvalue weighted by Crippen LogP contribution is 2.23. The predicted octanol–water partition coefficient (Wildman–Crippen LogP) is -2.72. The van der Waals surface area contributed by atoms with Crippen LogP contribution in [0.2, 0.25) is 0 Å². The molecule has 0 saturated heterocycles. The second-order valence-corrected chi connectivity index (χ2v) is 5.63. The lowest BCUT2D eigenvalue weighted by Crippen LogP contribution is -2.33. The first-order chi connectivity index (χ1) is 10.2. The van der Waals surface area contributed by atoms with E-state index in [2.05, 4.69) is 25.5 Å². The van der Waals surface area contributed by atoms with E-state index in [-0.39, 0.29) is 16.4 Å². The van der Waals surface area contributed by atoms with Crippen LogP contribution in [0, 0.1) is 0 Å². The van der Waals surface area contributed by atoms with Crippen LogP contribution in [-0.4, -0.2) is 50.4 Å². The molecule has 2 heterocycles. The Bertz CT molecular complexity index is 843. The van der Waals surface area contributed by atoms with E-state index in [1.54, 1.807) is 4.72 Å². The van der Waals surface area contributed by atoms with Gasteiger partial charge in [0.1, 0.15) is 0 Å². The second-order valence-electron chi connectivity index (χ2n) is 4.04. The smallest absolute Gasteiger partial charge is 0.358 e. The molecule has 0 aliphatic heterocycles. The molecule has 0 bridgehead atoms. The summed E-state index contributed by atoms with van der Waals surface area (Å²) in [5.41, 5.74) is 10.1. The number of tetrazole rings is 1. The van der Waals surface area contributed by atoms with E-state index in [1.807, 2.05) is 0 Å². The first-order valence-corrected chi connectivity index (χ1v) is 7.12.